The Kier molecular flexibility index (Phi) is 6.69. The van der Waals surface area contributed by atoms with Gasteiger partial charge >= 0.3 is 5.97 Å². The van der Waals surface area contributed by atoms with Crippen molar-refractivity contribution in [2.75, 3.05) is 11.9 Å². The van der Waals surface area contributed by atoms with Crippen molar-refractivity contribution in [1.82, 2.24) is 0 Å². The number of ether oxygens (including phenoxy) is 2. The maximum atomic E-state index is 12.2. The maximum absolute atomic E-state index is 12.2. The van der Waals surface area contributed by atoms with Crippen molar-refractivity contribution in [3.63, 3.8) is 0 Å². The van der Waals surface area contributed by atoms with Crippen LogP contribution in [-0.4, -0.2) is 24.6 Å². The minimum Gasteiger partial charge on any atom is -0.484 e. The van der Waals surface area contributed by atoms with Crippen molar-refractivity contribution in [3.8, 4) is 5.75 Å². The number of aryl methyl sites for hydroxylation is 2. The number of esters is 1. The van der Waals surface area contributed by atoms with Crippen LogP contribution in [0.5, 0.6) is 5.75 Å². The zero-order valence-corrected chi connectivity index (χ0v) is 16.5. The molecule has 0 radical (unpaired) electrons. The molecule has 148 valence electrons. The molecule has 2 aromatic carbocycles. The lowest BCUT2D eigenvalue weighted by molar-refractivity contribution is -0.118. The first-order valence-electron chi connectivity index (χ1n) is 9.81. The van der Waals surface area contributed by atoms with E-state index in [1.165, 1.54) is 6.42 Å². The number of benzene rings is 2. The van der Waals surface area contributed by atoms with Gasteiger partial charge in [0.25, 0.3) is 5.91 Å². The van der Waals surface area contributed by atoms with E-state index >= 15 is 0 Å². The highest BCUT2D eigenvalue weighted by Crippen LogP contribution is 2.22. The molecule has 0 bridgehead atoms. The second-order valence-corrected chi connectivity index (χ2v) is 7.40. The quantitative estimate of drug-likeness (QED) is 0.729. The molecule has 0 spiro atoms. The Morgan fingerprint density at radius 2 is 1.61 bits per heavy atom. The van der Waals surface area contributed by atoms with Gasteiger partial charge in [-0.15, -0.1) is 0 Å². The highest BCUT2D eigenvalue weighted by atomic mass is 16.5. The molecule has 1 aliphatic carbocycles. The smallest absolute Gasteiger partial charge is 0.338 e. The molecule has 0 aliphatic heterocycles. The van der Waals surface area contributed by atoms with Crippen molar-refractivity contribution < 1.29 is 19.1 Å². The van der Waals surface area contributed by atoms with Gasteiger partial charge in [0.1, 0.15) is 11.9 Å². The maximum Gasteiger partial charge on any atom is 0.338 e. The summed E-state index contributed by atoms with van der Waals surface area (Å²) in [4.78, 5) is 24.3. The summed E-state index contributed by atoms with van der Waals surface area (Å²) < 4.78 is 11.1. The van der Waals surface area contributed by atoms with Crippen LogP contribution in [0.25, 0.3) is 0 Å². The summed E-state index contributed by atoms with van der Waals surface area (Å²) >= 11 is 0. The van der Waals surface area contributed by atoms with Gasteiger partial charge in [0.05, 0.1) is 5.56 Å². The van der Waals surface area contributed by atoms with Gasteiger partial charge in [-0.1, -0.05) is 12.5 Å². The normalized spacial score (nSPS) is 14.4. The average Bonchev–Trinajstić information content (AvgIpc) is 2.67. The van der Waals surface area contributed by atoms with Crippen LogP contribution in [0.3, 0.4) is 0 Å². The highest BCUT2D eigenvalue weighted by molar-refractivity contribution is 5.93. The molecule has 0 heterocycles. The van der Waals surface area contributed by atoms with E-state index in [0.717, 1.165) is 36.8 Å². The van der Waals surface area contributed by atoms with Crippen molar-refractivity contribution in [2.45, 2.75) is 52.1 Å². The fourth-order valence-corrected chi connectivity index (χ4v) is 3.45. The van der Waals surface area contributed by atoms with Crippen LogP contribution in [0.15, 0.2) is 42.5 Å². The third kappa shape index (κ3) is 5.84. The number of nitrogens with one attached hydrogen (secondary N) is 1. The fourth-order valence-electron chi connectivity index (χ4n) is 3.45. The van der Waals surface area contributed by atoms with E-state index in [1.807, 2.05) is 32.0 Å². The Hall–Kier alpha value is -2.82. The fraction of sp³-hybridized carbons (Fsp3) is 0.391. The molecule has 1 saturated carbocycles. The molecular weight excluding hydrogens is 354 g/mol. The third-order valence-corrected chi connectivity index (χ3v) is 4.80. The van der Waals surface area contributed by atoms with Crippen LogP contribution in [0, 0.1) is 13.8 Å². The van der Waals surface area contributed by atoms with Crippen LogP contribution in [0.4, 0.5) is 5.69 Å². The van der Waals surface area contributed by atoms with Gasteiger partial charge < -0.3 is 14.8 Å². The topological polar surface area (TPSA) is 64.6 Å². The van der Waals surface area contributed by atoms with E-state index in [9.17, 15) is 9.59 Å². The van der Waals surface area contributed by atoms with Crippen LogP contribution in [-0.2, 0) is 9.53 Å². The predicted octanol–water partition coefficient (Wildman–Crippen LogP) is 4.81. The van der Waals surface area contributed by atoms with Crippen molar-refractivity contribution in [1.29, 1.82) is 0 Å². The molecule has 0 atom stereocenters. The van der Waals surface area contributed by atoms with Crippen molar-refractivity contribution in [2.24, 2.45) is 0 Å². The average molecular weight is 381 g/mol. The molecule has 2 aromatic rings. The van der Waals surface area contributed by atoms with Crippen LogP contribution < -0.4 is 10.1 Å². The van der Waals surface area contributed by atoms with Crippen molar-refractivity contribution >= 4 is 17.6 Å². The Bertz CT molecular complexity index is 803. The second kappa shape index (κ2) is 9.40. The summed E-state index contributed by atoms with van der Waals surface area (Å²) in [6, 6.07) is 12.6. The zero-order valence-electron chi connectivity index (χ0n) is 16.5. The summed E-state index contributed by atoms with van der Waals surface area (Å²) in [6.07, 6.45) is 5.37. The lowest BCUT2D eigenvalue weighted by atomic mass is 9.98. The SMILES string of the molecule is Cc1cc(C)cc(OCC(=O)Nc2ccc(C(=O)OC3CCCCC3)cc2)c1. The molecular formula is C23H27NO4. The Morgan fingerprint density at radius 3 is 2.25 bits per heavy atom. The lowest BCUT2D eigenvalue weighted by Gasteiger charge is -2.21. The number of carbonyl (C=O) groups is 2. The van der Waals surface area contributed by atoms with E-state index in [4.69, 9.17) is 9.47 Å². The number of rotatable bonds is 6. The number of amides is 1. The molecule has 5 heteroatoms. The first-order valence-corrected chi connectivity index (χ1v) is 9.81. The molecule has 5 nitrogen and oxygen atoms in total. The van der Waals surface area contributed by atoms with Crippen LogP contribution in [0.1, 0.15) is 53.6 Å². The molecule has 0 unspecified atom stereocenters. The van der Waals surface area contributed by atoms with Gasteiger partial charge in [0, 0.05) is 5.69 Å². The molecule has 3 rings (SSSR count). The monoisotopic (exact) mass is 381 g/mol. The molecule has 1 amide bonds. The van der Waals surface area contributed by atoms with Crippen LogP contribution in [0.2, 0.25) is 0 Å². The zero-order chi connectivity index (χ0) is 19.9. The predicted molar refractivity (Wildman–Crippen MR) is 109 cm³/mol. The van der Waals surface area contributed by atoms with E-state index in [2.05, 4.69) is 5.32 Å². The van der Waals surface area contributed by atoms with E-state index in [1.54, 1.807) is 24.3 Å². The summed E-state index contributed by atoms with van der Waals surface area (Å²) in [7, 11) is 0. The summed E-state index contributed by atoms with van der Waals surface area (Å²) in [5.41, 5.74) is 3.29. The number of anilines is 1. The summed E-state index contributed by atoms with van der Waals surface area (Å²) in [5, 5.41) is 2.77. The molecule has 0 aromatic heterocycles. The van der Waals surface area contributed by atoms with Gasteiger partial charge in [0.15, 0.2) is 6.61 Å². The standard InChI is InChI=1S/C23H27NO4/c1-16-12-17(2)14-21(13-16)27-15-22(25)24-19-10-8-18(9-11-19)23(26)28-20-6-4-3-5-7-20/h8-14,20H,3-7,15H2,1-2H3,(H,24,25). The van der Waals surface area contributed by atoms with Gasteiger partial charge in [0.2, 0.25) is 0 Å². The Labute approximate surface area is 166 Å². The van der Waals surface area contributed by atoms with Gasteiger partial charge in [-0.05, 0) is 87.1 Å². The second-order valence-electron chi connectivity index (χ2n) is 7.40. The van der Waals surface area contributed by atoms with Gasteiger partial charge in [-0.25, -0.2) is 4.79 Å². The minimum absolute atomic E-state index is 0.0306. The summed E-state index contributed by atoms with van der Waals surface area (Å²) in [6.45, 7) is 3.90. The molecule has 1 aliphatic rings. The third-order valence-electron chi connectivity index (χ3n) is 4.80. The minimum atomic E-state index is -0.303. The largest absolute Gasteiger partial charge is 0.484 e. The van der Waals surface area contributed by atoms with Gasteiger partial charge in [-0.3, -0.25) is 4.79 Å². The number of hydrogen-bond acceptors (Lipinski definition) is 4. The van der Waals surface area contributed by atoms with E-state index < -0.39 is 0 Å². The van der Waals surface area contributed by atoms with Crippen molar-refractivity contribution in [3.05, 3.63) is 59.2 Å². The lowest BCUT2D eigenvalue weighted by Crippen LogP contribution is -2.21. The highest BCUT2D eigenvalue weighted by Gasteiger charge is 2.18. The Balaban J connectivity index is 1.49. The molecule has 28 heavy (non-hydrogen) atoms. The first kappa shape index (κ1) is 19.9. The number of hydrogen-bond donors (Lipinski definition) is 1. The number of carbonyl (C=O) groups excluding carboxylic acids is 2. The van der Waals surface area contributed by atoms with Gasteiger partial charge in [-0.2, -0.15) is 0 Å². The summed E-state index contributed by atoms with van der Waals surface area (Å²) in [5.74, 6) is 0.119. The molecule has 0 saturated heterocycles. The molecule has 1 N–H and O–H groups in total. The molecule has 1 fully saturated rings. The van der Waals surface area contributed by atoms with E-state index in [0.29, 0.717) is 17.0 Å². The first-order chi connectivity index (χ1) is 13.5. The van der Waals surface area contributed by atoms with E-state index in [-0.39, 0.29) is 24.6 Å². The Morgan fingerprint density at radius 1 is 0.964 bits per heavy atom. The van der Waals surface area contributed by atoms with Crippen LogP contribution >= 0.6 is 0 Å².